The van der Waals surface area contributed by atoms with Crippen LogP contribution < -0.4 is 0 Å². The third kappa shape index (κ3) is 7.52. The van der Waals surface area contributed by atoms with E-state index >= 15 is 0 Å². The van der Waals surface area contributed by atoms with Crippen LogP contribution in [-0.4, -0.2) is 9.97 Å². The lowest BCUT2D eigenvalue weighted by atomic mass is 9.77. The van der Waals surface area contributed by atoms with Gasteiger partial charge in [-0.15, -0.1) is 0 Å². The molecule has 0 radical (unpaired) electrons. The summed E-state index contributed by atoms with van der Waals surface area (Å²) in [6.07, 6.45) is 16.8. The van der Waals surface area contributed by atoms with E-state index in [0.29, 0.717) is 17.9 Å². The molecule has 2 nitrogen and oxygen atoms in total. The van der Waals surface area contributed by atoms with Gasteiger partial charge in [0.05, 0.1) is 5.56 Å². The fraction of sp³-hybridized carbons (Fsp3) is 0.438. The largest absolute Gasteiger partial charge is 0.246 e. The number of rotatable bonds is 11. The fourth-order valence-corrected chi connectivity index (χ4v) is 5.42. The van der Waals surface area contributed by atoms with Crippen molar-refractivity contribution in [2.45, 2.75) is 83.7 Å². The molecule has 1 aromatic heterocycles. The van der Waals surface area contributed by atoms with E-state index in [-0.39, 0.29) is 23.4 Å². The van der Waals surface area contributed by atoms with Gasteiger partial charge in [0.15, 0.2) is 5.82 Å². The minimum absolute atomic E-state index is 0.212. The molecule has 1 saturated carbocycles. The summed E-state index contributed by atoms with van der Waals surface area (Å²) in [6.45, 7) is 1.01. The summed E-state index contributed by atoms with van der Waals surface area (Å²) in [6, 6.07) is 4.57. The normalized spacial score (nSPS) is 17.7. The molecule has 4 rings (SSSR count). The molecule has 0 unspecified atom stereocenters. The minimum Gasteiger partial charge on any atom is -0.246 e. The van der Waals surface area contributed by atoms with Gasteiger partial charge in [0.1, 0.15) is 29.9 Å². The molecule has 0 bridgehead atoms. The highest BCUT2D eigenvalue weighted by molar-refractivity contribution is 5.61. The van der Waals surface area contributed by atoms with Crippen LogP contribution in [0.5, 0.6) is 0 Å². The number of benzene rings is 2. The van der Waals surface area contributed by atoms with Crippen molar-refractivity contribution in [3.8, 4) is 11.4 Å². The van der Waals surface area contributed by atoms with Crippen LogP contribution in [0.25, 0.3) is 17.5 Å². The maximum Gasteiger partial charge on any atom is 0.159 e. The van der Waals surface area contributed by atoms with Crippen LogP contribution in [0, 0.1) is 29.2 Å². The molecule has 0 amide bonds. The molecule has 0 atom stereocenters. The summed E-state index contributed by atoms with van der Waals surface area (Å²) in [7, 11) is 0. The Morgan fingerprint density at radius 1 is 0.846 bits per heavy atom. The molecule has 208 valence electrons. The Morgan fingerprint density at radius 3 is 2.08 bits per heavy atom. The van der Waals surface area contributed by atoms with Gasteiger partial charge in [-0.1, -0.05) is 44.8 Å². The monoisotopic (exact) mass is 542 g/mol. The number of alkyl halides is 1. The molecule has 3 aromatic rings. The van der Waals surface area contributed by atoms with Gasteiger partial charge < -0.3 is 0 Å². The molecule has 0 spiro atoms. The Balaban J connectivity index is 1.35. The maximum absolute atomic E-state index is 14.8. The number of aryl methyl sites for hydroxylation is 1. The zero-order valence-corrected chi connectivity index (χ0v) is 22.3. The average Bonchev–Trinajstić information content (AvgIpc) is 2.93. The molecule has 1 heterocycles. The molecular weight excluding hydrogens is 507 g/mol. The Morgan fingerprint density at radius 2 is 1.49 bits per heavy atom. The second-order valence-corrected chi connectivity index (χ2v) is 10.5. The lowest BCUT2D eigenvalue weighted by Gasteiger charge is -2.28. The molecular formula is C32H35F5N2. The Kier molecular flexibility index (Phi) is 10.2. The number of allylic oxidation sites excluding steroid dienone is 1. The molecule has 1 fully saturated rings. The molecule has 2 aromatic carbocycles. The third-order valence-corrected chi connectivity index (χ3v) is 7.76. The highest BCUT2D eigenvalue weighted by Crippen LogP contribution is 2.37. The van der Waals surface area contributed by atoms with Gasteiger partial charge >= 0.3 is 0 Å². The van der Waals surface area contributed by atoms with E-state index < -0.39 is 35.5 Å². The van der Waals surface area contributed by atoms with E-state index in [2.05, 4.69) is 16.9 Å². The van der Waals surface area contributed by atoms with E-state index in [1.807, 2.05) is 0 Å². The molecule has 1 aliphatic carbocycles. The van der Waals surface area contributed by atoms with Crippen molar-refractivity contribution in [1.29, 1.82) is 0 Å². The number of nitrogens with zero attached hydrogens (tertiary/aromatic N) is 2. The quantitative estimate of drug-likeness (QED) is 0.178. The van der Waals surface area contributed by atoms with Crippen LogP contribution in [0.4, 0.5) is 22.0 Å². The molecule has 7 heteroatoms. The van der Waals surface area contributed by atoms with Crippen molar-refractivity contribution in [3.05, 3.63) is 88.3 Å². The SMILES string of the molecule is CCCCCC1CCC(c2cnc(-c3cc(F)c(/C=C/CCc4cc(F)c(CF)c(F)c4)c(F)c3)nc2)CC1. The highest BCUT2D eigenvalue weighted by Gasteiger charge is 2.23. The molecule has 0 aliphatic heterocycles. The van der Waals surface area contributed by atoms with E-state index in [1.54, 1.807) is 12.4 Å². The number of halogens is 5. The van der Waals surface area contributed by atoms with Gasteiger partial charge in [-0.3, -0.25) is 0 Å². The van der Waals surface area contributed by atoms with Crippen LogP contribution in [0.2, 0.25) is 0 Å². The van der Waals surface area contributed by atoms with Crippen LogP contribution in [-0.2, 0) is 13.1 Å². The van der Waals surface area contributed by atoms with E-state index in [4.69, 9.17) is 0 Å². The lowest BCUT2D eigenvalue weighted by Crippen LogP contribution is -2.14. The molecule has 0 saturated heterocycles. The summed E-state index contributed by atoms with van der Waals surface area (Å²) in [5.74, 6) is -1.88. The van der Waals surface area contributed by atoms with Gasteiger partial charge in [-0.25, -0.2) is 31.9 Å². The van der Waals surface area contributed by atoms with Crippen molar-refractivity contribution < 1.29 is 22.0 Å². The lowest BCUT2D eigenvalue weighted by molar-refractivity contribution is 0.302. The van der Waals surface area contributed by atoms with Gasteiger partial charge in [-0.2, -0.15) is 0 Å². The summed E-state index contributed by atoms with van der Waals surface area (Å²) in [5.41, 5.74) is 0.856. The number of hydrogen-bond donors (Lipinski definition) is 0. The van der Waals surface area contributed by atoms with Crippen LogP contribution >= 0.6 is 0 Å². The van der Waals surface area contributed by atoms with Crippen LogP contribution in [0.15, 0.2) is 42.7 Å². The van der Waals surface area contributed by atoms with Crippen molar-refractivity contribution in [2.75, 3.05) is 0 Å². The third-order valence-electron chi connectivity index (χ3n) is 7.76. The zero-order valence-electron chi connectivity index (χ0n) is 22.3. The first-order chi connectivity index (χ1) is 18.9. The predicted octanol–water partition coefficient (Wildman–Crippen LogP) is 9.67. The van der Waals surface area contributed by atoms with Gasteiger partial charge in [0, 0.05) is 23.5 Å². The average molecular weight is 543 g/mol. The number of unbranched alkanes of at least 4 members (excludes halogenated alkanes) is 2. The van der Waals surface area contributed by atoms with Gasteiger partial charge in [-0.05, 0) is 85.8 Å². The highest BCUT2D eigenvalue weighted by atomic mass is 19.2. The van der Waals surface area contributed by atoms with Crippen molar-refractivity contribution in [2.24, 2.45) is 5.92 Å². The van der Waals surface area contributed by atoms with Crippen molar-refractivity contribution in [1.82, 2.24) is 9.97 Å². The first kappa shape index (κ1) is 28.9. The maximum atomic E-state index is 14.8. The minimum atomic E-state index is -1.22. The Labute approximate surface area is 227 Å². The first-order valence-corrected chi connectivity index (χ1v) is 13.9. The second kappa shape index (κ2) is 13.8. The molecule has 0 N–H and O–H groups in total. The standard InChI is InChI=1S/C32H35F5N2/c1-2-3-4-7-21-10-12-23(13-11-21)25-19-38-32(39-20-25)24-16-30(36)26(31(37)17-24)9-6-5-8-22-14-28(34)27(18-33)29(35)15-22/h6,9,14-17,19-21,23H,2-5,7-8,10-13,18H2,1H3/b9-6+. The van der Waals surface area contributed by atoms with Crippen LogP contribution in [0.3, 0.4) is 0 Å². The topological polar surface area (TPSA) is 25.8 Å². The van der Waals surface area contributed by atoms with Crippen LogP contribution in [0.1, 0.15) is 92.9 Å². The summed E-state index contributed by atoms with van der Waals surface area (Å²) in [5, 5.41) is 0. The first-order valence-electron chi connectivity index (χ1n) is 13.9. The fourth-order valence-electron chi connectivity index (χ4n) is 5.42. The summed E-state index contributed by atoms with van der Waals surface area (Å²) >= 11 is 0. The summed E-state index contributed by atoms with van der Waals surface area (Å²) in [4.78, 5) is 8.81. The second-order valence-electron chi connectivity index (χ2n) is 10.5. The zero-order chi connectivity index (χ0) is 27.8. The number of hydrogen-bond acceptors (Lipinski definition) is 2. The smallest absolute Gasteiger partial charge is 0.159 e. The summed E-state index contributed by atoms with van der Waals surface area (Å²) < 4.78 is 69.7. The predicted molar refractivity (Wildman–Crippen MR) is 145 cm³/mol. The molecule has 1 aliphatic rings. The Hall–Kier alpha value is -3.09. The van der Waals surface area contributed by atoms with E-state index in [9.17, 15) is 22.0 Å². The van der Waals surface area contributed by atoms with Crippen molar-refractivity contribution >= 4 is 6.08 Å². The van der Waals surface area contributed by atoms with Gasteiger partial charge in [0.25, 0.3) is 0 Å². The Bertz CT molecular complexity index is 1220. The number of aromatic nitrogens is 2. The van der Waals surface area contributed by atoms with E-state index in [1.165, 1.54) is 62.8 Å². The van der Waals surface area contributed by atoms with Crippen molar-refractivity contribution in [3.63, 3.8) is 0 Å². The van der Waals surface area contributed by atoms with E-state index in [0.717, 1.165) is 36.5 Å². The molecule has 39 heavy (non-hydrogen) atoms. The van der Waals surface area contributed by atoms with Gasteiger partial charge in [0.2, 0.25) is 0 Å².